The third-order valence-corrected chi connectivity index (χ3v) is 3.69. The molecule has 6 nitrogen and oxygen atoms in total. The van der Waals surface area contributed by atoms with Crippen LogP contribution in [0, 0.1) is 0 Å². The fraction of sp³-hybridized carbons (Fsp3) is 0.938. The molecule has 2 unspecified atom stereocenters. The second kappa shape index (κ2) is 8.13. The first-order valence-corrected chi connectivity index (χ1v) is 8.05. The lowest BCUT2D eigenvalue weighted by Crippen LogP contribution is -2.52. The Morgan fingerprint density at radius 1 is 1.36 bits per heavy atom. The highest BCUT2D eigenvalue weighted by atomic mass is 16.6. The number of piperidine rings is 1. The number of methoxy groups -OCH3 is 1. The van der Waals surface area contributed by atoms with Crippen LogP contribution < -0.4 is 5.32 Å². The molecule has 1 aliphatic heterocycles. The molecule has 0 bridgehead atoms. The first-order valence-electron chi connectivity index (χ1n) is 8.05. The Kier molecular flexibility index (Phi) is 7.09. The van der Waals surface area contributed by atoms with Crippen LogP contribution >= 0.6 is 0 Å². The molecule has 2 N–H and O–H groups in total. The maximum absolute atomic E-state index is 12.1. The zero-order valence-corrected chi connectivity index (χ0v) is 14.6. The summed E-state index contributed by atoms with van der Waals surface area (Å²) in [6.07, 6.45) is 2.26. The molecule has 0 saturated carbocycles. The summed E-state index contributed by atoms with van der Waals surface area (Å²) in [6, 6.07) is 0.190. The summed E-state index contributed by atoms with van der Waals surface area (Å²) in [5.41, 5.74) is -1.27. The summed E-state index contributed by atoms with van der Waals surface area (Å²) in [6.45, 7) is 9.79. The molecule has 1 amide bonds. The van der Waals surface area contributed by atoms with Crippen LogP contribution in [0.1, 0.15) is 47.0 Å². The Morgan fingerprint density at radius 2 is 2.05 bits per heavy atom. The first-order chi connectivity index (χ1) is 10.1. The van der Waals surface area contributed by atoms with Crippen molar-refractivity contribution in [2.24, 2.45) is 0 Å². The van der Waals surface area contributed by atoms with Gasteiger partial charge in [-0.1, -0.05) is 0 Å². The van der Waals surface area contributed by atoms with Crippen LogP contribution in [-0.2, 0) is 9.47 Å². The minimum atomic E-state index is -0.801. The predicted molar refractivity (Wildman–Crippen MR) is 85.9 cm³/mol. The van der Waals surface area contributed by atoms with E-state index in [1.165, 1.54) is 0 Å². The molecule has 0 aromatic heterocycles. The average molecular weight is 316 g/mol. The monoisotopic (exact) mass is 316 g/mol. The summed E-state index contributed by atoms with van der Waals surface area (Å²) < 4.78 is 10.4. The van der Waals surface area contributed by atoms with Gasteiger partial charge in [0.05, 0.1) is 5.60 Å². The third kappa shape index (κ3) is 7.42. The number of hydrogen-bond donors (Lipinski definition) is 2. The molecule has 0 spiro atoms. The molecule has 6 heteroatoms. The topological polar surface area (TPSA) is 71.0 Å². The highest BCUT2D eigenvalue weighted by molar-refractivity contribution is 5.68. The van der Waals surface area contributed by atoms with Crippen molar-refractivity contribution >= 4 is 6.09 Å². The Bertz CT molecular complexity index is 353. The third-order valence-electron chi connectivity index (χ3n) is 3.69. The van der Waals surface area contributed by atoms with Gasteiger partial charge in [0.15, 0.2) is 0 Å². The second-order valence-electron chi connectivity index (χ2n) is 7.39. The lowest BCUT2D eigenvalue weighted by Gasteiger charge is -2.36. The van der Waals surface area contributed by atoms with E-state index in [1.54, 1.807) is 18.9 Å². The summed E-state index contributed by atoms with van der Waals surface area (Å²) in [5.74, 6) is 0. The highest BCUT2D eigenvalue weighted by Gasteiger charge is 2.29. The number of amides is 1. The fourth-order valence-corrected chi connectivity index (χ4v) is 2.41. The number of carbonyl (C=O) groups is 1. The number of rotatable bonds is 6. The van der Waals surface area contributed by atoms with Gasteiger partial charge in [0.2, 0.25) is 0 Å². The largest absolute Gasteiger partial charge is 0.444 e. The van der Waals surface area contributed by atoms with Crippen molar-refractivity contribution in [2.75, 3.05) is 33.4 Å². The Morgan fingerprint density at radius 3 is 2.64 bits per heavy atom. The summed E-state index contributed by atoms with van der Waals surface area (Å²) >= 11 is 0. The van der Waals surface area contributed by atoms with Crippen molar-refractivity contribution in [3.63, 3.8) is 0 Å². The minimum absolute atomic E-state index is 0.190. The van der Waals surface area contributed by atoms with Gasteiger partial charge in [0.25, 0.3) is 0 Å². The van der Waals surface area contributed by atoms with Crippen LogP contribution in [0.2, 0.25) is 0 Å². The van der Waals surface area contributed by atoms with E-state index in [0.29, 0.717) is 26.1 Å². The van der Waals surface area contributed by atoms with Crippen molar-refractivity contribution in [3.05, 3.63) is 0 Å². The van der Waals surface area contributed by atoms with E-state index in [9.17, 15) is 9.90 Å². The number of carbonyl (C=O) groups excluding carboxylic acids is 1. The first kappa shape index (κ1) is 19.2. The number of ether oxygens (including phenoxy) is 2. The molecular weight excluding hydrogens is 284 g/mol. The highest BCUT2D eigenvalue weighted by Crippen LogP contribution is 2.16. The molecule has 0 aromatic rings. The van der Waals surface area contributed by atoms with Crippen LogP contribution in [-0.4, -0.2) is 66.7 Å². The smallest absolute Gasteiger partial charge is 0.410 e. The molecule has 1 rings (SSSR count). The number of aliphatic hydroxyl groups is 1. The normalized spacial score (nSPS) is 22.3. The molecule has 1 aliphatic rings. The standard InChI is InChI=1S/C16H32N2O4/c1-15(2,3)22-14(19)18-9-6-7-13(11-18)17-12-16(4,20)8-10-21-5/h13,17,20H,6-12H2,1-5H3. The van der Waals surface area contributed by atoms with Crippen molar-refractivity contribution in [1.82, 2.24) is 10.2 Å². The maximum Gasteiger partial charge on any atom is 0.410 e. The van der Waals surface area contributed by atoms with Gasteiger partial charge in [0.1, 0.15) is 5.60 Å². The zero-order chi connectivity index (χ0) is 16.8. The van der Waals surface area contributed by atoms with E-state index in [0.717, 1.165) is 19.4 Å². The van der Waals surface area contributed by atoms with Crippen molar-refractivity contribution in [3.8, 4) is 0 Å². The molecular formula is C16H32N2O4. The molecule has 1 saturated heterocycles. The Labute approximate surface area is 134 Å². The van der Waals surface area contributed by atoms with Gasteiger partial charge < -0.3 is 24.8 Å². The molecule has 1 fully saturated rings. The molecule has 0 aliphatic carbocycles. The van der Waals surface area contributed by atoms with E-state index in [4.69, 9.17) is 9.47 Å². The van der Waals surface area contributed by atoms with E-state index >= 15 is 0 Å². The van der Waals surface area contributed by atoms with Crippen LogP contribution in [0.3, 0.4) is 0 Å². The summed E-state index contributed by atoms with van der Waals surface area (Å²) in [4.78, 5) is 13.9. The van der Waals surface area contributed by atoms with Crippen LogP contribution in [0.25, 0.3) is 0 Å². The van der Waals surface area contributed by atoms with E-state index < -0.39 is 11.2 Å². The molecule has 0 radical (unpaired) electrons. The van der Waals surface area contributed by atoms with Crippen LogP contribution in [0.15, 0.2) is 0 Å². The van der Waals surface area contributed by atoms with Crippen LogP contribution in [0.5, 0.6) is 0 Å². The fourth-order valence-electron chi connectivity index (χ4n) is 2.41. The van der Waals surface area contributed by atoms with Crippen molar-refractivity contribution in [1.29, 1.82) is 0 Å². The number of hydrogen-bond acceptors (Lipinski definition) is 5. The van der Waals surface area contributed by atoms with E-state index in [1.807, 2.05) is 20.8 Å². The average Bonchev–Trinajstić information content (AvgIpc) is 2.42. The molecule has 0 aromatic carbocycles. The minimum Gasteiger partial charge on any atom is -0.444 e. The zero-order valence-electron chi connectivity index (χ0n) is 14.6. The van der Waals surface area contributed by atoms with Gasteiger partial charge in [-0.3, -0.25) is 0 Å². The van der Waals surface area contributed by atoms with Gasteiger partial charge in [0, 0.05) is 45.8 Å². The van der Waals surface area contributed by atoms with Gasteiger partial charge in [-0.15, -0.1) is 0 Å². The van der Waals surface area contributed by atoms with E-state index in [-0.39, 0.29) is 12.1 Å². The van der Waals surface area contributed by atoms with Gasteiger partial charge >= 0.3 is 6.09 Å². The molecule has 22 heavy (non-hydrogen) atoms. The molecule has 1 heterocycles. The number of nitrogens with zero attached hydrogens (tertiary/aromatic N) is 1. The van der Waals surface area contributed by atoms with Crippen molar-refractivity contribution < 1.29 is 19.4 Å². The summed E-state index contributed by atoms with van der Waals surface area (Å²) in [5, 5.41) is 13.6. The SMILES string of the molecule is COCCC(C)(O)CNC1CCCN(C(=O)OC(C)(C)C)C1. The lowest BCUT2D eigenvalue weighted by molar-refractivity contribution is 0.0112. The lowest BCUT2D eigenvalue weighted by atomic mass is 10.0. The van der Waals surface area contributed by atoms with Gasteiger partial charge in [-0.25, -0.2) is 4.79 Å². The Balaban J connectivity index is 2.41. The Hall–Kier alpha value is -0.850. The van der Waals surface area contributed by atoms with Gasteiger partial charge in [-0.05, 0) is 40.5 Å². The van der Waals surface area contributed by atoms with Crippen LogP contribution in [0.4, 0.5) is 4.79 Å². The number of nitrogens with one attached hydrogen (secondary N) is 1. The van der Waals surface area contributed by atoms with E-state index in [2.05, 4.69) is 5.32 Å². The second-order valence-corrected chi connectivity index (χ2v) is 7.39. The number of likely N-dealkylation sites (tertiary alicyclic amines) is 1. The van der Waals surface area contributed by atoms with Gasteiger partial charge in [-0.2, -0.15) is 0 Å². The maximum atomic E-state index is 12.1. The molecule has 130 valence electrons. The predicted octanol–water partition coefficient (Wildman–Crippen LogP) is 1.76. The van der Waals surface area contributed by atoms with Crippen molar-refractivity contribution in [2.45, 2.75) is 64.2 Å². The molecule has 2 atom stereocenters. The quantitative estimate of drug-likeness (QED) is 0.781. The summed E-state index contributed by atoms with van der Waals surface area (Å²) in [7, 11) is 1.63.